The summed E-state index contributed by atoms with van der Waals surface area (Å²) in [6.07, 6.45) is 0.664. The molecule has 0 aliphatic heterocycles. The van der Waals surface area contributed by atoms with Crippen molar-refractivity contribution in [3.63, 3.8) is 0 Å². The number of nitrogens with one attached hydrogen (secondary N) is 1. The highest BCUT2D eigenvalue weighted by Crippen LogP contribution is 2.35. The van der Waals surface area contributed by atoms with Crippen molar-refractivity contribution < 1.29 is 9.90 Å². The third-order valence-corrected chi connectivity index (χ3v) is 3.96. The number of hydrogen-bond donors (Lipinski definition) is 2. The summed E-state index contributed by atoms with van der Waals surface area (Å²) in [5, 5.41) is 16.7. The van der Waals surface area contributed by atoms with E-state index in [1.54, 1.807) is 18.2 Å². The van der Waals surface area contributed by atoms with E-state index in [0.29, 0.717) is 21.4 Å². The lowest BCUT2D eigenvalue weighted by atomic mass is 10.3. The normalized spacial score (nSPS) is 10.7. The molecule has 2 rings (SSSR count). The number of aromatic nitrogens is 2. The van der Waals surface area contributed by atoms with Gasteiger partial charge in [0.25, 0.3) is 0 Å². The highest BCUT2D eigenvalue weighted by atomic mass is 35.5. The fraction of sp³-hybridized carbons (Fsp3) is 0.167. The Labute approximate surface area is 124 Å². The molecular formula is C12H10Cl2N2O2S. The maximum absolute atomic E-state index is 11.1. The van der Waals surface area contributed by atoms with Crippen LogP contribution >= 0.6 is 35.0 Å². The molecule has 2 N–H and O–H groups in total. The molecule has 4 nitrogen and oxygen atoms in total. The monoisotopic (exact) mass is 316 g/mol. The summed E-state index contributed by atoms with van der Waals surface area (Å²) >= 11 is 13.1. The van der Waals surface area contributed by atoms with Gasteiger partial charge in [0.15, 0.2) is 5.69 Å². The summed E-state index contributed by atoms with van der Waals surface area (Å²) in [6, 6.07) is 5.09. The molecule has 0 fully saturated rings. The lowest BCUT2D eigenvalue weighted by Gasteiger charge is -2.04. The lowest BCUT2D eigenvalue weighted by Crippen LogP contribution is -1.98. The van der Waals surface area contributed by atoms with Gasteiger partial charge in [-0.1, -0.05) is 41.9 Å². The Morgan fingerprint density at radius 3 is 2.53 bits per heavy atom. The molecule has 19 heavy (non-hydrogen) atoms. The standard InChI is InChI=1S/C12H10Cl2N2O2S/c1-2-9-11(10(12(17)18)16-15-9)19-8-4-6(13)3-7(14)5-8/h3-5H,2H2,1H3,(H,15,16)(H,17,18). The van der Waals surface area contributed by atoms with Gasteiger partial charge in [0, 0.05) is 20.6 Å². The number of carboxylic acids is 1. The number of aromatic amines is 1. The van der Waals surface area contributed by atoms with Crippen LogP contribution in [0.5, 0.6) is 0 Å². The first-order chi connectivity index (χ1) is 9.01. The smallest absolute Gasteiger partial charge is 0.357 e. The number of carboxylic acid groups (broad SMARTS) is 1. The molecule has 0 amide bonds. The number of rotatable bonds is 4. The van der Waals surface area contributed by atoms with Crippen molar-refractivity contribution in [2.75, 3.05) is 0 Å². The minimum absolute atomic E-state index is 0.0120. The van der Waals surface area contributed by atoms with Crippen LogP contribution in [0.25, 0.3) is 0 Å². The zero-order valence-corrected chi connectivity index (χ0v) is 12.2. The van der Waals surface area contributed by atoms with E-state index in [2.05, 4.69) is 10.2 Å². The van der Waals surface area contributed by atoms with E-state index in [1.807, 2.05) is 6.92 Å². The van der Waals surface area contributed by atoms with E-state index in [4.69, 9.17) is 28.3 Å². The van der Waals surface area contributed by atoms with Crippen LogP contribution in [0.2, 0.25) is 10.0 Å². The Balaban J connectivity index is 2.41. The highest BCUT2D eigenvalue weighted by molar-refractivity contribution is 7.99. The molecule has 0 saturated heterocycles. The van der Waals surface area contributed by atoms with E-state index in [-0.39, 0.29) is 5.69 Å². The van der Waals surface area contributed by atoms with Crippen molar-refractivity contribution in [2.24, 2.45) is 0 Å². The van der Waals surface area contributed by atoms with Gasteiger partial charge in [-0.2, -0.15) is 5.10 Å². The number of carbonyl (C=O) groups is 1. The number of hydrogen-bond acceptors (Lipinski definition) is 3. The number of benzene rings is 1. The van der Waals surface area contributed by atoms with Gasteiger partial charge in [0.2, 0.25) is 0 Å². The first-order valence-electron chi connectivity index (χ1n) is 5.45. The molecule has 1 aromatic heterocycles. The van der Waals surface area contributed by atoms with Gasteiger partial charge in [-0.15, -0.1) is 0 Å². The SMILES string of the molecule is CCc1[nH]nc(C(=O)O)c1Sc1cc(Cl)cc(Cl)c1. The molecule has 0 bridgehead atoms. The number of halogens is 2. The maximum Gasteiger partial charge on any atom is 0.357 e. The van der Waals surface area contributed by atoms with Crippen molar-refractivity contribution in [1.29, 1.82) is 0 Å². The molecule has 0 aliphatic rings. The van der Waals surface area contributed by atoms with E-state index in [0.717, 1.165) is 10.6 Å². The second-order valence-electron chi connectivity index (χ2n) is 3.75. The molecule has 0 spiro atoms. The molecule has 100 valence electrons. The maximum atomic E-state index is 11.1. The van der Waals surface area contributed by atoms with Crippen LogP contribution in [0, 0.1) is 0 Å². The van der Waals surface area contributed by atoms with Crippen molar-refractivity contribution in [1.82, 2.24) is 10.2 Å². The summed E-state index contributed by atoms with van der Waals surface area (Å²) in [7, 11) is 0. The number of H-pyrrole nitrogens is 1. The van der Waals surface area contributed by atoms with Gasteiger partial charge in [-0.05, 0) is 24.6 Å². The molecule has 0 saturated carbocycles. The Morgan fingerprint density at radius 1 is 1.37 bits per heavy atom. The average molecular weight is 317 g/mol. The predicted octanol–water partition coefficient (Wildman–Crippen LogP) is 4.13. The van der Waals surface area contributed by atoms with E-state index >= 15 is 0 Å². The van der Waals surface area contributed by atoms with Crippen LogP contribution in [0.1, 0.15) is 23.1 Å². The number of aryl methyl sites for hydroxylation is 1. The van der Waals surface area contributed by atoms with Crippen molar-refractivity contribution in [3.05, 3.63) is 39.6 Å². The van der Waals surface area contributed by atoms with Crippen LogP contribution in [0.15, 0.2) is 28.0 Å². The summed E-state index contributed by atoms with van der Waals surface area (Å²) in [4.78, 5) is 12.5. The highest BCUT2D eigenvalue weighted by Gasteiger charge is 2.19. The van der Waals surface area contributed by atoms with Crippen LogP contribution in [-0.2, 0) is 6.42 Å². The molecule has 1 aromatic carbocycles. The van der Waals surface area contributed by atoms with Crippen LogP contribution in [0.3, 0.4) is 0 Å². The van der Waals surface area contributed by atoms with Crippen molar-refractivity contribution in [2.45, 2.75) is 23.1 Å². The number of aromatic carboxylic acids is 1. The Morgan fingerprint density at radius 2 is 2.00 bits per heavy atom. The first kappa shape index (κ1) is 14.2. The van der Waals surface area contributed by atoms with Crippen molar-refractivity contribution in [3.8, 4) is 0 Å². The zero-order valence-electron chi connectivity index (χ0n) is 9.91. The molecule has 1 heterocycles. The summed E-state index contributed by atoms with van der Waals surface area (Å²) < 4.78 is 0. The largest absolute Gasteiger partial charge is 0.476 e. The third kappa shape index (κ3) is 3.23. The minimum Gasteiger partial charge on any atom is -0.476 e. The van der Waals surface area contributed by atoms with E-state index in [1.165, 1.54) is 11.8 Å². The molecule has 0 aliphatic carbocycles. The van der Waals surface area contributed by atoms with Crippen LogP contribution in [-0.4, -0.2) is 21.3 Å². The molecule has 0 radical (unpaired) electrons. The molecule has 0 atom stereocenters. The second kappa shape index (κ2) is 5.86. The Bertz CT molecular complexity index is 608. The van der Waals surface area contributed by atoms with Crippen molar-refractivity contribution >= 4 is 40.9 Å². The minimum atomic E-state index is -1.06. The van der Waals surface area contributed by atoms with Crippen LogP contribution in [0.4, 0.5) is 0 Å². The third-order valence-electron chi connectivity index (χ3n) is 2.40. The topological polar surface area (TPSA) is 66.0 Å². The molecular weight excluding hydrogens is 307 g/mol. The summed E-state index contributed by atoms with van der Waals surface area (Å²) in [6.45, 7) is 1.92. The first-order valence-corrected chi connectivity index (χ1v) is 7.03. The van der Waals surface area contributed by atoms with Gasteiger partial charge in [0.05, 0.1) is 4.90 Å². The van der Waals surface area contributed by atoms with E-state index < -0.39 is 5.97 Å². The van der Waals surface area contributed by atoms with Gasteiger partial charge >= 0.3 is 5.97 Å². The van der Waals surface area contributed by atoms with Crippen LogP contribution < -0.4 is 0 Å². The zero-order chi connectivity index (χ0) is 14.0. The number of nitrogens with zero attached hydrogens (tertiary/aromatic N) is 1. The summed E-state index contributed by atoms with van der Waals surface area (Å²) in [5.41, 5.74) is 0.788. The second-order valence-corrected chi connectivity index (χ2v) is 5.70. The quantitative estimate of drug-likeness (QED) is 0.890. The van der Waals surface area contributed by atoms with Gasteiger partial charge < -0.3 is 5.11 Å². The lowest BCUT2D eigenvalue weighted by molar-refractivity contribution is 0.0686. The summed E-state index contributed by atoms with van der Waals surface area (Å²) in [5.74, 6) is -1.06. The Kier molecular flexibility index (Phi) is 4.39. The molecule has 7 heteroatoms. The average Bonchev–Trinajstić information content (AvgIpc) is 2.70. The van der Waals surface area contributed by atoms with Gasteiger partial charge in [-0.3, -0.25) is 5.10 Å². The van der Waals surface area contributed by atoms with Gasteiger partial charge in [0.1, 0.15) is 0 Å². The fourth-order valence-corrected chi connectivity index (χ4v) is 3.37. The van der Waals surface area contributed by atoms with E-state index in [9.17, 15) is 4.79 Å². The van der Waals surface area contributed by atoms with Gasteiger partial charge in [-0.25, -0.2) is 4.79 Å². The fourth-order valence-electron chi connectivity index (χ4n) is 1.57. The predicted molar refractivity (Wildman–Crippen MR) is 75.5 cm³/mol. The molecule has 0 unspecified atom stereocenters. The molecule has 2 aromatic rings. The Hall–Kier alpha value is -1.17.